The van der Waals surface area contributed by atoms with E-state index < -0.39 is 0 Å². The first-order valence-corrected chi connectivity index (χ1v) is 8.67. The summed E-state index contributed by atoms with van der Waals surface area (Å²) >= 11 is 0. The number of aromatic amines is 1. The van der Waals surface area contributed by atoms with Gasteiger partial charge in [0.1, 0.15) is 5.65 Å². The quantitative estimate of drug-likeness (QED) is 0.599. The van der Waals surface area contributed by atoms with E-state index in [1.165, 1.54) is 48.7 Å². The minimum absolute atomic E-state index is 0.645. The highest BCUT2D eigenvalue weighted by Gasteiger charge is 2.19. The number of hydrogen-bond donors (Lipinski definition) is 1. The van der Waals surface area contributed by atoms with Gasteiger partial charge in [-0.3, -0.25) is 0 Å². The van der Waals surface area contributed by atoms with Crippen molar-refractivity contribution in [3.05, 3.63) is 48.5 Å². The first-order valence-electron chi connectivity index (χ1n) is 8.67. The molecule has 0 spiro atoms. The Labute approximate surface area is 139 Å². The molecule has 5 nitrogen and oxygen atoms in total. The van der Waals surface area contributed by atoms with E-state index in [0.717, 1.165) is 16.7 Å². The monoisotopic (exact) mass is 317 g/mol. The summed E-state index contributed by atoms with van der Waals surface area (Å²) in [5.74, 6) is 0.645. The zero-order chi connectivity index (χ0) is 15.9. The summed E-state index contributed by atoms with van der Waals surface area (Å²) in [6, 6.07) is 8.37. The van der Waals surface area contributed by atoms with Crippen molar-refractivity contribution >= 4 is 16.6 Å². The summed E-state index contributed by atoms with van der Waals surface area (Å²) in [5, 5.41) is 9.82. The van der Waals surface area contributed by atoms with Crippen LogP contribution in [-0.4, -0.2) is 24.8 Å². The SMILES string of the molecule is c1cnn2ncc(-c3ccnc4[nH]c(C5CCCCC5)cc34)c2c1. The second-order valence-corrected chi connectivity index (χ2v) is 6.64. The number of nitrogens with zero attached hydrogens (tertiary/aromatic N) is 4. The molecule has 0 unspecified atom stereocenters. The zero-order valence-corrected chi connectivity index (χ0v) is 13.4. The number of fused-ring (bicyclic) bond motifs is 2. The smallest absolute Gasteiger partial charge is 0.138 e. The molecule has 0 atom stereocenters. The van der Waals surface area contributed by atoms with Crippen LogP contribution >= 0.6 is 0 Å². The van der Waals surface area contributed by atoms with Gasteiger partial charge < -0.3 is 4.98 Å². The van der Waals surface area contributed by atoms with Crippen molar-refractivity contribution in [1.82, 2.24) is 24.8 Å². The fraction of sp³-hybridized carbons (Fsp3) is 0.316. The van der Waals surface area contributed by atoms with E-state index in [1.807, 2.05) is 18.5 Å². The minimum atomic E-state index is 0.645. The van der Waals surface area contributed by atoms with Crippen LogP contribution in [-0.2, 0) is 0 Å². The Kier molecular flexibility index (Phi) is 3.11. The molecule has 0 amide bonds. The van der Waals surface area contributed by atoms with Crippen LogP contribution in [0.2, 0.25) is 0 Å². The highest BCUT2D eigenvalue weighted by Crippen LogP contribution is 2.36. The van der Waals surface area contributed by atoms with Gasteiger partial charge in [0.25, 0.3) is 0 Å². The topological polar surface area (TPSA) is 58.9 Å². The lowest BCUT2D eigenvalue weighted by Crippen LogP contribution is -2.04. The van der Waals surface area contributed by atoms with Crippen LogP contribution in [0.5, 0.6) is 0 Å². The van der Waals surface area contributed by atoms with Crippen LogP contribution in [0.1, 0.15) is 43.7 Å². The summed E-state index contributed by atoms with van der Waals surface area (Å²) < 4.78 is 1.68. The molecule has 0 bridgehead atoms. The van der Waals surface area contributed by atoms with Gasteiger partial charge in [-0.15, -0.1) is 0 Å². The maximum atomic E-state index is 4.55. The number of rotatable bonds is 2. The highest BCUT2D eigenvalue weighted by atomic mass is 15.4. The molecule has 1 saturated carbocycles. The lowest BCUT2D eigenvalue weighted by Gasteiger charge is -2.20. The fourth-order valence-electron chi connectivity index (χ4n) is 3.96. The van der Waals surface area contributed by atoms with Crippen LogP contribution in [0.4, 0.5) is 0 Å². The number of aromatic nitrogens is 5. The van der Waals surface area contributed by atoms with Crippen molar-refractivity contribution in [1.29, 1.82) is 0 Å². The van der Waals surface area contributed by atoms with Gasteiger partial charge in [0.2, 0.25) is 0 Å². The number of nitrogens with one attached hydrogen (secondary N) is 1. The van der Waals surface area contributed by atoms with Gasteiger partial charge in [-0.2, -0.15) is 14.8 Å². The third-order valence-corrected chi connectivity index (χ3v) is 5.19. The molecule has 0 aromatic carbocycles. The molecule has 0 radical (unpaired) electrons. The number of hydrogen-bond acceptors (Lipinski definition) is 3. The van der Waals surface area contributed by atoms with Gasteiger partial charge in [-0.05, 0) is 48.6 Å². The van der Waals surface area contributed by atoms with Crippen LogP contribution < -0.4 is 0 Å². The molecule has 1 N–H and O–H groups in total. The molecule has 5 rings (SSSR count). The Bertz CT molecular complexity index is 1010. The lowest BCUT2D eigenvalue weighted by atomic mass is 9.87. The van der Waals surface area contributed by atoms with Crippen molar-refractivity contribution < 1.29 is 0 Å². The minimum Gasteiger partial charge on any atom is -0.343 e. The van der Waals surface area contributed by atoms with Gasteiger partial charge in [-0.1, -0.05) is 19.3 Å². The van der Waals surface area contributed by atoms with Crippen LogP contribution in [0.3, 0.4) is 0 Å². The molecule has 0 saturated heterocycles. The Morgan fingerprint density at radius 2 is 1.92 bits per heavy atom. The molecule has 1 fully saturated rings. The molecule has 4 aromatic rings. The third-order valence-electron chi connectivity index (χ3n) is 5.19. The van der Waals surface area contributed by atoms with E-state index in [4.69, 9.17) is 0 Å². The summed E-state index contributed by atoms with van der Waals surface area (Å²) in [4.78, 5) is 8.11. The molecule has 1 aliphatic rings. The van der Waals surface area contributed by atoms with E-state index >= 15 is 0 Å². The normalized spacial score (nSPS) is 16.2. The van der Waals surface area contributed by atoms with E-state index in [1.54, 1.807) is 10.8 Å². The summed E-state index contributed by atoms with van der Waals surface area (Å²) in [6.07, 6.45) is 12.1. The third kappa shape index (κ3) is 2.12. The molecular formula is C19H19N5. The molecule has 24 heavy (non-hydrogen) atoms. The van der Waals surface area contributed by atoms with Crippen LogP contribution in [0.25, 0.3) is 27.7 Å². The fourth-order valence-corrected chi connectivity index (χ4v) is 3.96. The Balaban J connectivity index is 1.67. The average Bonchev–Trinajstić information content (AvgIpc) is 3.26. The standard InChI is InChI=1S/C19H19N5/c1-2-5-13(6-3-1)17-11-15-14(8-10-20-19(15)23-17)16-12-22-24-18(16)7-4-9-21-24/h4,7-13H,1-3,5-6H2,(H,20,23). The molecule has 120 valence electrons. The highest BCUT2D eigenvalue weighted by molar-refractivity contribution is 5.97. The van der Waals surface area contributed by atoms with Gasteiger partial charge in [0.15, 0.2) is 0 Å². The largest absolute Gasteiger partial charge is 0.343 e. The lowest BCUT2D eigenvalue weighted by molar-refractivity contribution is 0.438. The van der Waals surface area contributed by atoms with Crippen molar-refractivity contribution in [2.75, 3.05) is 0 Å². The first-order chi connectivity index (χ1) is 11.9. The molecule has 4 aromatic heterocycles. The predicted molar refractivity (Wildman–Crippen MR) is 93.9 cm³/mol. The van der Waals surface area contributed by atoms with E-state index in [2.05, 4.69) is 38.4 Å². The maximum Gasteiger partial charge on any atom is 0.138 e. The van der Waals surface area contributed by atoms with E-state index in [-0.39, 0.29) is 0 Å². The summed E-state index contributed by atoms with van der Waals surface area (Å²) in [5.41, 5.74) is 5.59. The average molecular weight is 317 g/mol. The maximum absolute atomic E-state index is 4.55. The van der Waals surface area contributed by atoms with E-state index in [9.17, 15) is 0 Å². The zero-order valence-electron chi connectivity index (χ0n) is 13.4. The Morgan fingerprint density at radius 3 is 2.83 bits per heavy atom. The summed E-state index contributed by atoms with van der Waals surface area (Å²) in [6.45, 7) is 0. The summed E-state index contributed by atoms with van der Waals surface area (Å²) in [7, 11) is 0. The molecular weight excluding hydrogens is 298 g/mol. The Morgan fingerprint density at radius 1 is 1.00 bits per heavy atom. The van der Waals surface area contributed by atoms with Crippen molar-refractivity contribution in [2.45, 2.75) is 38.0 Å². The molecule has 4 heterocycles. The van der Waals surface area contributed by atoms with Crippen molar-refractivity contribution in [2.24, 2.45) is 0 Å². The van der Waals surface area contributed by atoms with Gasteiger partial charge in [-0.25, -0.2) is 4.98 Å². The number of H-pyrrole nitrogens is 1. The van der Waals surface area contributed by atoms with Crippen molar-refractivity contribution in [3.8, 4) is 11.1 Å². The predicted octanol–water partition coefficient (Wildman–Crippen LogP) is 4.32. The second-order valence-electron chi connectivity index (χ2n) is 6.64. The van der Waals surface area contributed by atoms with Gasteiger partial charge in [0.05, 0.1) is 11.7 Å². The van der Waals surface area contributed by atoms with Crippen molar-refractivity contribution in [3.63, 3.8) is 0 Å². The van der Waals surface area contributed by atoms with Crippen LogP contribution in [0.15, 0.2) is 42.9 Å². The van der Waals surface area contributed by atoms with Gasteiger partial charge >= 0.3 is 0 Å². The second kappa shape index (κ2) is 5.44. The van der Waals surface area contributed by atoms with E-state index in [0.29, 0.717) is 5.92 Å². The first kappa shape index (κ1) is 13.7. The van der Waals surface area contributed by atoms with Crippen LogP contribution in [0, 0.1) is 0 Å². The molecule has 1 aliphatic carbocycles. The Hall–Kier alpha value is -2.69. The van der Waals surface area contributed by atoms with Gasteiger partial charge in [0, 0.05) is 29.0 Å². The molecule has 5 heteroatoms. The number of pyridine rings is 1. The molecule has 0 aliphatic heterocycles.